The summed E-state index contributed by atoms with van der Waals surface area (Å²) in [5.41, 5.74) is 2.96. The normalized spacial score (nSPS) is 13.0. The van der Waals surface area contributed by atoms with E-state index in [0.717, 1.165) is 22.4 Å². The number of aliphatic carboxylic acids is 1. The Balaban J connectivity index is 1.85. The summed E-state index contributed by atoms with van der Waals surface area (Å²) in [4.78, 5) is 11.2. The van der Waals surface area contributed by atoms with Crippen molar-refractivity contribution in [1.82, 2.24) is 0 Å². The van der Waals surface area contributed by atoms with E-state index in [1.807, 2.05) is 38.1 Å². The highest BCUT2D eigenvalue weighted by molar-refractivity contribution is 5.72. The summed E-state index contributed by atoms with van der Waals surface area (Å²) >= 11 is 0. The maximum Gasteiger partial charge on any atom is 0.333 e. The van der Waals surface area contributed by atoms with Gasteiger partial charge in [-0.05, 0) is 50.1 Å². The van der Waals surface area contributed by atoms with Gasteiger partial charge in [0.1, 0.15) is 30.8 Å². The summed E-state index contributed by atoms with van der Waals surface area (Å²) in [6.07, 6.45) is -1.44. The van der Waals surface area contributed by atoms with Crippen LogP contribution in [0.3, 0.4) is 0 Å². The maximum atomic E-state index is 11.2. The van der Waals surface area contributed by atoms with E-state index in [0.29, 0.717) is 12.4 Å². The summed E-state index contributed by atoms with van der Waals surface area (Å²) in [5.74, 6) is 0.304. The van der Waals surface area contributed by atoms with Gasteiger partial charge in [-0.3, -0.25) is 0 Å². The Hall–Kier alpha value is -2.57. The molecule has 2 aromatic rings. The van der Waals surface area contributed by atoms with Crippen molar-refractivity contribution in [2.75, 3.05) is 19.8 Å². The second kappa shape index (κ2) is 10.7. The van der Waals surface area contributed by atoms with Gasteiger partial charge >= 0.3 is 5.97 Å². The molecule has 6 nitrogen and oxygen atoms in total. The van der Waals surface area contributed by atoms with Gasteiger partial charge in [0.2, 0.25) is 0 Å². The molecule has 2 N–H and O–H groups in total. The fourth-order valence-electron chi connectivity index (χ4n) is 2.78. The minimum Gasteiger partial charge on any atom is -0.491 e. The van der Waals surface area contributed by atoms with Gasteiger partial charge in [-0.2, -0.15) is 0 Å². The van der Waals surface area contributed by atoms with Gasteiger partial charge in [-0.1, -0.05) is 29.8 Å². The largest absolute Gasteiger partial charge is 0.491 e. The second-order valence-corrected chi connectivity index (χ2v) is 6.68. The molecule has 0 saturated heterocycles. The van der Waals surface area contributed by atoms with E-state index in [-0.39, 0.29) is 19.6 Å². The molecule has 6 heteroatoms. The third-order valence-electron chi connectivity index (χ3n) is 4.17. The van der Waals surface area contributed by atoms with Crippen LogP contribution in [0.5, 0.6) is 11.5 Å². The Bertz CT molecular complexity index is 773. The van der Waals surface area contributed by atoms with Crippen molar-refractivity contribution in [3.05, 3.63) is 59.2 Å². The molecule has 0 saturated carbocycles. The van der Waals surface area contributed by atoms with Crippen LogP contribution in [0.2, 0.25) is 0 Å². The molecule has 0 bridgehead atoms. The number of hydrogen-bond acceptors (Lipinski definition) is 5. The molecule has 0 aliphatic heterocycles. The van der Waals surface area contributed by atoms with Crippen LogP contribution in [-0.2, 0) is 16.0 Å². The first kappa shape index (κ1) is 21.7. The molecular weight excluding hydrogens is 360 g/mol. The number of aryl methyl sites for hydroxylation is 2. The zero-order chi connectivity index (χ0) is 20.5. The molecule has 0 spiro atoms. The van der Waals surface area contributed by atoms with Crippen molar-refractivity contribution in [3.8, 4) is 11.5 Å². The number of carboxylic acids is 1. The highest BCUT2D eigenvalue weighted by Crippen LogP contribution is 2.19. The summed E-state index contributed by atoms with van der Waals surface area (Å²) in [6.45, 7) is 6.26. The lowest BCUT2D eigenvalue weighted by atomic mass is 10.1. The highest BCUT2D eigenvalue weighted by Gasteiger charge is 2.18. The van der Waals surface area contributed by atoms with Gasteiger partial charge in [0.25, 0.3) is 0 Å². The molecule has 2 atom stereocenters. The molecule has 28 heavy (non-hydrogen) atoms. The molecule has 0 heterocycles. The Morgan fingerprint density at radius 2 is 1.82 bits per heavy atom. The predicted octanol–water partition coefficient (Wildman–Crippen LogP) is 3.15. The van der Waals surface area contributed by atoms with E-state index in [1.54, 1.807) is 25.1 Å². The van der Waals surface area contributed by atoms with Gasteiger partial charge in [0.15, 0.2) is 6.10 Å². The van der Waals surface area contributed by atoms with Crippen molar-refractivity contribution < 1.29 is 29.2 Å². The van der Waals surface area contributed by atoms with E-state index in [2.05, 4.69) is 0 Å². The number of aliphatic hydroxyl groups is 1. The number of ether oxygens (including phenoxy) is 3. The van der Waals surface area contributed by atoms with Crippen molar-refractivity contribution in [3.63, 3.8) is 0 Å². The number of benzene rings is 2. The number of carboxylic acid groups (broad SMARTS) is 1. The van der Waals surface area contributed by atoms with Crippen LogP contribution in [0.1, 0.15) is 23.6 Å². The van der Waals surface area contributed by atoms with Crippen molar-refractivity contribution in [2.24, 2.45) is 0 Å². The van der Waals surface area contributed by atoms with Crippen LogP contribution in [0.15, 0.2) is 42.5 Å². The topological polar surface area (TPSA) is 85.2 Å². The summed E-state index contributed by atoms with van der Waals surface area (Å²) in [7, 11) is 0. The molecule has 2 rings (SSSR count). The molecule has 0 radical (unpaired) electrons. The summed E-state index contributed by atoms with van der Waals surface area (Å²) < 4.78 is 16.5. The van der Waals surface area contributed by atoms with E-state index in [9.17, 15) is 15.0 Å². The highest BCUT2D eigenvalue weighted by atomic mass is 16.5. The Kier molecular flexibility index (Phi) is 8.29. The smallest absolute Gasteiger partial charge is 0.333 e. The third kappa shape index (κ3) is 6.87. The Morgan fingerprint density at radius 3 is 2.50 bits per heavy atom. The van der Waals surface area contributed by atoms with Gasteiger partial charge in [0.05, 0.1) is 0 Å². The number of rotatable bonds is 11. The molecule has 0 amide bonds. The van der Waals surface area contributed by atoms with E-state index in [4.69, 9.17) is 14.2 Å². The minimum absolute atomic E-state index is 0.0716. The van der Waals surface area contributed by atoms with Gasteiger partial charge < -0.3 is 24.4 Å². The van der Waals surface area contributed by atoms with Crippen LogP contribution in [0.4, 0.5) is 0 Å². The monoisotopic (exact) mass is 388 g/mol. The predicted molar refractivity (Wildman–Crippen MR) is 106 cm³/mol. The standard InChI is InChI=1S/C22H28O6/c1-4-26-21(22(24)25)12-17-6-5-7-19(11-17)27-13-18(23)14-28-20-9-8-15(2)10-16(20)3/h5-11,18,21,23H,4,12-14H2,1-3H3,(H,24,25). The summed E-state index contributed by atoms with van der Waals surface area (Å²) in [6, 6.07) is 13.0. The van der Waals surface area contributed by atoms with Crippen molar-refractivity contribution >= 4 is 5.97 Å². The lowest BCUT2D eigenvalue weighted by Gasteiger charge is -2.16. The van der Waals surface area contributed by atoms with E-state index in [1.165, 1.54) is 0 Å². The summed E-state index contributed by atoms with van der Waals surface area (Å²) in [5, 5.41) is 19.3. The van der Waals surface area contributed by atoms with Gasteiger partial charge in [-0.15, -0.1) is 0 Å². The number of aliphatic hydroxyl groups excluding tert-OH is 1. The first-order valence-electron chi connectivity index (χ1n) is 9.33. The first-order chi connectivity index (χ1) is 13.4. The molecule has 0 aromatic heterocycles. The third-order valence-corrected chi connectivity index (χ3v) is 4.17. The molecular formula is C22H28O6. The second-order valence-electron chi connectivity index (χ2n) is 6.68. The average molecular weight is 388 g/mol. The van der Waals surface area contributed by atoms with Crippen molar-refractivity contribution in [2.45, 2.75) is 39.4 Å². The molecule has 0 fully saturated rings. The fraction of sp³-hybridized carbons (Fsp3) is 0.409. The zero-order valence-corrected chi connectivity index (χ0v) is 16.6. The van der Waals surface area contributed by atoms with Crippen LogP contribution >= 0.6 is 0 Å². The molecule has 2 aromatic carbocycles. The Labute approximate surface area is 165 Å². The zero-order valence-electron chi connectivity index (χ0n) is 16.6. The minimum atomic E-state index is -0.993. The van der Waals surface area contributed by atoms with Crippen LogP contribution in [0, 0.1) is 13.8 Å². The van der Waals surface area contributed by atoms with Crippen LogP contribution in [0.25, 0.3) is 0 Å². The first-order valence-corrected chi connectivity index (χ1v) is 9.33. The van der Waals surface area contributed by atoms with Crippen molar-refractivity contribution in [1.29, 1.82) is 0 Å². The molecule has 2 unspecified atom stereocenters. The SMILES string of the molecule is CCOC(Cc1cccc(OCC(O)COc2ccc(C)cc2C)c1)C(=O)O. The van der Waals surface area contributed by atoms with E-state index >= 15 is 0 Å². The van der Waals surface area contributed by atoms with Crippen LogP contribution < -0.4 is 9.47 Å². The number of hydrogen-bond donors (Lipinski definition) is 2. The quantitative estimate of drug-likeness (QED) is 0.615. The van der Waals surface area contributed by atoms with E-state index < -0.39 is 18.2 Å². The number of carbonyl (C=O) groups is 1. The lowest BCUT2D eigenvalue weighted by molar-refractivity contribution is -0.149. The Morgan fingerprint density at radius 1 is 1.07 bits per heavy atom. The molecule has 152 valence electrons. The molecule has 0 aliphatic rings. The average Bonchev–Trinajstić information content (AvgIpc) is 2.65. The van der Waals surface area contributed by atoms with Gasteiger partial charge in [0, 0.05) is 13.0 Å². The van der Waals surface area contributed by atoms with Gasteiger partial charge in [-0.25, -0.2) is 4.79 Å². The lowest BCUT2D eigenvalue weighted by Crippen LogP contribution is -2.26. The molecule has 0 aliphatic carbocycles. The maximum absolute atomic E-state index is 11.2. The van der Waals surface area contributed by atoms with Crippen LogP contribution in [-0.4, -0.2) is 48.2 Å². The fourth-order valence-corrected chi connectivity index (χ4v) is 2.78.